The van der Waals surface area contributed by atoms with Gasteiger partial charge in [-0.25, -0.2) is 8.42 Å². The third-order valence-electron chi connectivity index (χ3n) is 6.45. The highest BCUT2D eigenvalue weighted by Gasteiger charge is 2.34. The molecule has 4 rings (SSSR count). The number of carbonyl (C=O) groups excluding carboxylic acids is 2. The van der Waals surface area contributed by atoms with Crippen LogP contribution in [0.5, 0.6) is 0 Å². The number of nitrogens with zero attached hydrogens (tertiary/aromatic N) is 3. The minimum Gasteiger partial charge on any atom is -0.469 e. The van der Waals surface area contributed by atoms with Gasteiger partial charge in [0.1, 0.15) is 17.8 Å². The van der Waals surface area contributed by atoms with Crippen LogP contribution in [0.1, 0.15) is 25.0 Å². The molecule has 1 saturated heterocycles. The molecule has 0 spiro atoms. The Morgan fingerprint density at radius 3 is 2.72 bits per heavy atom. The van der Waals surface area contributed by atoms with E-state index in [1.165, 1.54) is 19.4 Å². The van der Waals surface area contributed by atoms with E-state index in [2.05, 4.69) is 15.8 Å². The molecular formula is C24H26ClN5O5S. The fourth-order valence-corrected chi connectivity index (χ4v) is 6.30. The van der Waals surface area contributed by atoms with Crippen molar-refractivity contribution in [1.82, 2.24) is 19.2 Å². The summed E-state index contributed by atoms with van der Waals surface area (Å²) in [7, 11) is -2.82. The van der Waals surface area contributed by atoms with Gasteiger partial charge in [0.05, 0.1) is 22.9 Å². The summed E-state index contributed by atoms with van der Waals surface area (Å²) in [5.74, 6) is -0.993. The zero-order valence-corrected chi connectivity index (χ0v) is 21.2. The van der Waals surface area contributed by atoms with Gasteiger partial charge in [-0.05, 0) is 43.5 Å². The summed E-state index contributed by atoms with van der Waals surface area (Å²) in [5, 5.41) is 9.90. The number of esters is 1. The molecule has 0 radical (unpaired) electrons. The van der Waals surface area contributed by atoms with Gasteiger partial charge in [-0.2, -0.15) is 9.98 Å². The molecule has 1 aliphatic rings. The first kappa shape index (κ1) is 25.8. The molecule has 0 aliphatic carbocycles. The van der Waals surface area contributed by atoms with Crippen molar-refractivity contribution in [3.8, 4) is 6.07 Å². The third kappa shape index (κ3) is 5.26. The highest BCUT2D eigenvalue weighted by atomic mass is 35.5. The summed E-state index contributed by atoms with van der Waals surface area (Å²) in [6.07, 6.45) is 4.21. The molecule has 1 fully saturated rings. The minimum absolute atomic E-state index is 0.0351. The maximum Gasteiger partial charge on any atom is 0.308 e. The first-order chi connectivity index (χ1) is 17.2. The fourth-order valence-electron chi connectivity index (χ4n) is 4.52. The molecule has 3 heterocycles. The van der Waals surface area contributed by atoms with Crippen molar-refractivity contribution < 1.29 is 22.7 Å². The smallest absolute Gasteiger partial charge is 0.308 e. The van der Waals surface area contributed by atoms with Gasteiger partial charge in [0, 0.05) is 42.9 Å². The average molecular weight is 532 g/mol. The Balaban J connectivity index is 1.59. The van der Waals surface area contributed by atoms with Crippen molar-refractivity contribution in [3.05, 3.63) is 53.4 Å². The van der Waals surface area contributed by atoms with Crippen LogP contribution >= 0.6 is 11.6 Å². The van der Waals surface area contributed by atoms with Gasteiger partial charge in [-0.15, -0.1) is 0 Å². The van der Waals surface area contributed by atoms with Gasteiger partial charge in [0.2, 0.25) is 15.9 Å². The molecule has 1 aliphatic heterocycles. The van der Waals surface area contributed by atoms with E-state index in [4.69, 9.17) is 16.3 Å². The van der Waals surface area contributed by atoms with E-state index in [-0.39, 0.29) is 40.7 Å². The molecule has 190 valence electrons. The molecule has 0 saturated carbocycles. The van der Waals surface area contributed by atoms with E-state index in [9.17, 15) is 23.3 Å². The predicted octanol–water partition coefficient (Wildman–Crippen LogP) is 2.64. The number of halogens is 1. The number of benzene rings is 1. The number of amides is 1. The lowest BCUT2D eigenvalue weighted by molar-refractivity contribution is -0.149. The summed E-state index contributed by atoms with van der Waals surface area (Å²) in [5.41, 5.74) is 0.966. The van der Waals surface area contributed by atoms with Crippen molar-refractivity contribution in [2.75, 3.05) is 20.2 Å². The van der Waals surface area contributed by atoms with Crippen LogP contribution in [0.15, 0.2) is 47.6 Å². The fraction of sp³-hybridized carbons (Fsp3) is 0.375. The number of methoxy groups -OCH3 is 1. The van der Waals surface area contributed by atoms with Crippen LogP contribution in [-0.2, 0) is 30.9 Å². The number of aromatic amines is 1. The third-order valence-corrected chi connectivity index (χ3v) is 8.26. The Labute approximate surface area is 213 Å². The number of nitrogens with one attached hydrogen (secondary N) is 2. The van der Waals surface area contributed by atoms with Gasteiger partial charge in [0.25, 0.3) is 0 Å². The highest BCUT2D eigenvalue weighted by molar-refractivity contribution is 7.89. The van der Waals surface area contributed by atoms with E-state index in [1.807, 2.05) is 0 Å². The lowest BCUT2D eigenvalue weighted by Gasteiger charge is -2.33. The standard InChI is InChI=1S/C24H26ClN5O5S/c1-35-24(32)16-7-11-30(12-8-16)23(31)20(9-13-29-10-3-4-17(29)14-26)28-36(33,34)21-6-2-5-19-22(21)18(25)15-27-19/h2-6,10,15-16,20,27-28H,7-9,11-13H2,1H3. The molecule has 2 N–H and O–H groups in total. The molecule has 12 heteroatoms. The van der Waals surface area contributed by atoms with Crippen LogP contribution in [0.25, 0.3) is 10.9 Å². The lowest BCUT2D eigenvalue weighted by atomic mass is 9.96. The van der Waals surface area contributed by atoms with Gasteiger partial charge in [-0.1, -0.05) is 17.7 Å². The van der Waals surface area contributed by atoms with E-state index in [0.717, 1.165) is 0 Å². The van der Waals surface area contributed by atoms with Crippen LogP contribution in [0, 0.1) is 17.2 Å². The minimum atomic E-state index is -4.15. The highest BCUT2D eigenvalue weighted by Crippen LogP contribution is 2.30. The number of fused-ring (bicyclic) bond motifs is 1. The monoisotopic (exact) mass is 531 g/mol. The molecule has 1 atom stereocenters. The second-order valence-electron chi connectivity index (χ2n) is 8.60. The molecule has 0 bridgehead atoms. The van der Waals surface area contributed by atoms with E-state index < -0.39 is 16.1 Å². The van der Waals surface area contributed by atoms with Crippen LogP contribution in [-0.4, -0.2) is 61.0 Å². The number of hydrogen-bond donors (Lipinski definition) is 2. The molecular weight excluding hydrogens is 506 g/mol. The molecule has 1 amide bonds. The second-order valence-corrected chi connectivity index (χ2v) is 10.7. The van der Waals surface area contributed by atoms with Gasteiger partial charge in [-0.3, -0.25) is 9.59 Å². The molecule has 2 aromatic heterocycles. The molecule has 36 heavy (non-hydrogen) atoms. The number of piperidine rings is 1. The van der Waals surface area contributed by atoms with E-state index in [1.54, 1.807) is 39.9 Å². The van der Waals surface area contributed by atoms with Crippen molar-refractivity contribution in [2.24, 2.45) is 5.92 Å². The quantitative estimate of drug-likeness (QED) is 0.429. The number of hydrogen-bond acceptors (Lipinski definition) is 6. The zero-order valence-electron chi connectivity index (χ0n) is 19.6. The SMILES string of the molecule is COC(=O)C1CCN(C(=O)C(CCn2cccc2C#N)NS(=O)(=O)c2cccc3[nH]cc(Cl)c23)CC1. The topological polar surface area (TPSA) is 137 Å². The van der Waals surface area contributed by atoms with Crippen LogP contribution in [0.3, 0.4) is 0 Å². The number of aromatic nitrogens is 2. The van der Waals surface area contributed by atoms with Crippen LogP contribution in [0.4, 0.5) is 0 Å². The molecule has 1 aromatic carbocycles. The van der Waals surface area contributed by atoms with Crippen LogP contribution < -0.4 is 4.72 Å². The first-order valence-corrected chi connectivity index (χ1v) is 13.3. The second kappa shape index (κ2) is 10.7. The summed E-state index contributed by atoms with van der Waals surface area (Å²) in [4.78, 5) is 29.9. The van der Waals surface area contributed by atoms with Crippen molar-refractivity contribution in [2.45, 2.75) is 36.7 Å². The molecule has 1 unspecified atom stereocenters. The van der Waals surface area contributed by atoms with Gasteiger partial charge in [0.15, 0.2) is 0 Å². The zero-order chi connectivity index (χ0) is 25.9. The first-order valence-electron chi connectivity index (χ1n) is 11.4. The summed E-state index contributed by atoms with van der Waals surface area (Å²) in [6, 6.07) is 9.09. The summed E-state index contributed by atoms with van der Waals surface area (Å²) < 4.78 is 36.0. The molecule has 3 aromatic rings. The number of nitriles is 1. The molecule has 10 nitrogen and oxygen atoms in total. The Morgan fingerprint density at radius 1 is 1.28 bits per heavy atom. The van der Waals surface area contributed by atoms with E-state index >= 15 is 0 Å². The Kier molecular flexibility index (Phi) is 7.68. The van der Waals surface area contributed by atoms with E-state index in [0.29, 0.717) is 42.5 Å². The van der Waals surface area contributed by atoms with Crippen molar-refractivity contribution in [3.63, 3.8) is 0 Å². The van der Waals surface area contributed by atoms with Crippen molar-refractivity contribution >= 4 is 44.4 Å². The number of aryl methyl sites for hydroxylation is 1. The predicted molar refractivity (Wildman–Crippen MR) is 133 cm³/mol. The maximum absolute atomic E-state index is 13.5. The number of likely N-dealkylation sites (tertiary alicyclic amines) is 1. The maximum atomic E-state index is 13.5. The van der Waals surface area contributed by atoms with Gasteiger partial charge >= 0.3 is 5.97 Å². The van der Waals surface area contributed by atoms with Crippen molar-refractivity contribution in [1.29, 1.82) is 5.26 Å². The number of rotatable bonds is 8. The number of H-pyrrole nitrogens is 1. The Hall–Kier alpha value is -3.33. The summed E-state index contributed by atoms with van der Waals surface area (Å²) in [6.45, 7) is 0.870. The summed E-state index contributed by atoms with van der Waals surface area (Å²) >= 11 is 6.25. The Bertz CT molecular complexity index is 1420. The van der Waals surface area contributed by atoms with Crippen LogP contribution in [0.2, 0.25) is 5.02 Å². The average Bonchev–Trinajstić information content (AvgIpc) is 3.51. The Morgan fingerprint density at radius 2 is 2.03 bits per heavy atom. The normalized spacial score (nSPS) is 15.5. The largest absolute Gasteiger partial charge is 0.469 e. The van der Waals surface area contributed by atoms with Gasteiger partial charge < -0.3 is 19.2 Å². The number of carbonyl (C=O) groups is 2. The number of sulfonamides is 1. The number of ether oxygens (including phenoxy) is 1. The lowest BCUT2D eigenvalue weighted by Crippen LogP contribution is -2.51.